The molecular weight excluding hydrogens is 382 g/mol. The number of hydrogen-bond acceptors (Lipinski definition) is 8. The Morgan fingerprint density at radius 1 is 0.808 bits per heavy atom. The van der Waals surface area contributed by atoms with Gasteiger partial charge in [-0.05, 0) is 45.4 Å². The second kappa shape index (κ2) is 11.2. The molecule has 1 aromatic carbocycles. The summed E-state index contributed by atoms with van der Waals surface area (Å²) in [5.74, 6) is -0.676. The minimum atomic E-state index is -3.97. The van der Waals surface area contributed by atoms with Crippen molar-refractivity contribution in [2.45, 2.75) is 33.5 Å². The van der Waals surface area contributed by atoms with Crippen LogP contribution in [-0.4, -0.2) is 33.5 Å². The predicted molar refractivity (Wildman–Crippen MR) is 98.5 cm³/mol. The molecule has 0 aliphatic carbocycles. The van der Waals surface area contributed by atoms with Gasteiger partial charge in [-0.2, -0.15) is 0 Å². The van der Waals surface area contributed by atoms with Gasteiger partial charge in [0.15, 0.2) is 5.85 Å². The van der Waals surface area contributed by atoms with E-state index in [9.17, 15) is 9.13 Å². The molecule has 0 aliphatic rings. The molecule has 1 aromatic rings. The van der Waals surface area contributed by atoms with Crippen LogP contribution in [0.25, 0.3) is 0 Å². The van der Waals surface area contributed by atoms with Crippen molar-refractivity contribution in [1.29, 1.82) is 0 Å². The number of methoxy groups -OCH3 is 1. The number of phosphoric ester groups is 1. The molecule has 0 aromatic heterocycles. The summed E-state index contributed by atoms with van der Waals surface area (Å²) in [6, 6.07) is 6.60. The molecule has 0 bridgehead atoms. The van der Waals surface area contributed by atoms with Crippen molar-refractivity contribution < 1.29 is 36.5 Å². The Kier molecular flexibility index (Phi) is 10.0. The first-order chi connectivity index (χ1) is 12.4. The van der Waals surface area contributed by atoms with Crippen LogP contribution in [0.3, 0.4) is 0 Å². The van der Waals surface area contributed by atoms with E-state index < -0.39 is 21.3 Å². The van der Waals surface area contributed by atoms with Gasteiger partial charge in [-0.25, -0.2) is 4.57 Å². The fourth-order valence-electron chi connectivity index (χ4n) is 2.14. The SMILES string of the molecule is CCOP(=O)(OCC)OC(c1ccc(OC)cc1)P(=O)(OCC)OCC. The lowest BCUT2D eigenvalue weighted by Crippen LogP contribution is -2.12. The van der Waals surface area contributed by atoms with E-state index in [0.717, 1.165) is 0 Å². The highest BCUT2D eigenvalue weighted by atomic mass is 31.2. The molecule has 10 heteroatoms. The summed E-state index contributed by atoms with van der Waals surface area (Å²) in [5, 5.41) is 0. The fraction of sp³-hybridized carbons (Fsp3) is 0.625. The van der Waals surface area contributed by atoms with Gasteiger partial charge < -0.3 is 13.8 Å². The maximum Gasteiger partial charge on any atom is 0.475 e. The Labute approximate surface area is 155 Å². The van der Waals surface area contributed by atoms with Crippen molar-refractivity contribution in [2.75, 3.05) is 33.5 Å². The summed E-state index contributed by atoms with van der Waals surface area (Å²) >= 11 is 0. The predicted octanol–water partition coefficient (Wildman–Crippen LogP) is 5.16. The van der Waals surface area contributed by atoms with Crippen molar-refractivity contribution in [2.24, 2.45) is 0 Å². The van der Waals surface area contributed by atoms with Gasteiger partial charge in [0.25, 0.3) is 0 Å². The molecule has 8 nitrogen and oxygen atoms in total. The highest BCUT2D eigenvalue weighted by Gasteiger charge is 2.44. The summed E-state index contributed by atoms with van der Waals surface area (Å²) < 4.78 is 58.0. The van der Waals surface area contributed by atoms with Gasteiger partial charge in [0.1, 0.15) is 5.75 Å². The Bertz CT molecular complexity index is 599. The maximum absolute atomic E-state index is 13.3. The first-order valence-corrected chi connectivity index (χ1v) is 11.5. The second-order valence-electron chi connectivity index (χ2n) is 4.89. The zero-order valence-electron chi connectivity index (χ0n) is 15.9. The topological polar surface area (TPSA) is 89.5 Å². The molecule has 1 rings (SSSR count). The molecule has 26 heavy (non-hydrogen) atoms. The van der Waals surface area contributed by atoms with E-state index in [1.807, 2.05) is 0 Å². The number of rotatable bonds is 13. The van der Waals surface area contributed by atoms with Crippen molar-refractivity contribution in [3.63, 3.8) is 0 Å². The molecule has 0 aliphatic heterocycles. The van der Waals surface area contributed by atoms with Gasteiger partial charge in [0.05, 0.1) is 33.5 Å². The van der Waals surface area contributed by atoms with E-state index in [0.29, 0.717) is 11.3 Å². The third-order valence-electron chi connectivity index (χ3n) is 3.11. The molecule has 0 radical (unpaired) electrons. The third-order valence-corrected chi connectivity index (χ3v) is 7.11. The highest BCUT2D eigenvalue weighted by molar-refractivity contribution is 7.55. The minimum absolute atomic E-state index is 0.0974. The highest BCUT2D eigenvalue weighted by Crippen LogP contribution is 2.67. The zero-order chi connectivity index (χ0) is 19.6. The smallest absolute Gasteiger partial charge is 0.475 e. The average molecular weight is 410 g/mol. The molecule has 1 atom stereocenters. The van der Waals surface area contributed by atoms with E-state index in [1.54, 1.807) is 52.0 Å². The van der Waals surface area contributed by atoms with Crippen LogP contribution in [0.15, 0.2) is 24.3 Å². The number of hydrogen-bond donors (Lipinski definition) is 0. The van der Waals surface area contributed by atoms with E-state index in [1.165, 1.54) is 7.11 Å². The Hall–Kier alpha value is -0.720. The molecule has 0 saturated carbocycles. The second-order valence-corrected chi connectivity index (χ2v) is 8.58. The van der Waals surface area contributed by atoms with Crippen LogP contribution in [0.2, 0.25) is 0 Å². The Morgan fingerprint density at radius 3 is 1.65 bits per heavy atom. The van der Waals surface area contributed by atoms with Crippen LogP contribution < -0.4 is 4.74 Å². The van der Waals surface area contributed by atoms with Crippen LogP contribution >= 0.6 is 15.4 Å². The number of phosphoric acid groups is 1. The maximum atomic E-state index is 13.3. The van der Waals surface area contributed by atoms with Crippen LogP contribution in [0.4, 0.5) is 0 Å². The van der Waals surface area contributed by atoms with Crippen LogP contribution in [0, 0.1) is 0 Å². The molecule has 1 unspecified atom stereocenters. The van der Waals surface area contributed by atoms with Crippen molar-refractivity contribution in [1.82, 2.24) is 0 Å². The monoisotopic (exact) mass is 410 g/mol. The fourth-order valence-corrected chi connectivity index (χ4v) is 5.74. The normalized spacial score (nSPS) is 13.6. The summed E-state index contributed by atoms with van der Waals surface area (Å²) in [7, 11) is -6.25. The largest absolute Gasteiger partial charge is 0.497 e. The minimum Gasteiger partial charge on any atom is -0.497 e. The Balaban J connectivity index is 3.34. The van der Waals surface area contributed by atoms with Gasteiger partial charge in [-0.1, -0.05) is 12.1 Å². The lowest BCUT2D eigenvalue weighted by Gasteiger charge is -2.29. The zero-order valence-corrected chi connectivity index (χ0v) is 17.7. The summed E-state index contributed by atoms with van der Waals surface area (Å²) in [6.45, 7) is 7.12. The number of benzene rings is 1. The van der Waals surface area contributed by atoms with Crippen LogP contribution in [0.1, 0.15) is 39.1 Å². The lowest BCUT2D eigenvalue weighted by molar-refractivity contribution is 0.0892. The lowest BCUT2D eigenvalue weighted by atomic mass is 10.2. The van der Waals surface area contributed by atoms with E-state index in [-0.39, 0.29) is 26.4 Å². The standard InChI is InChI=1S/C16H28O8P2/c1-6-20-25(17,21-7-2)16(14-10-12-15(19-5)13-11-14)24-26(18,22-8-3)23-9-4/h10-13,16H,6-9H2,1-5H3. The molecule has 0 heterocycles. The molecule has 0 saturated heterocycles. The first-order valence-electron chi connectivity index (χ1n) is 8.48. The van der Waals surface area contributed by atoms with Gasteiger partial charge in [0, 0.05) is 0 Å². The molecule has 0 fully saturated rings. The molecule has 0 spiro atoms. The van der Waals surface area contributed by atoms with Gasteiger partial charge in [-0.3, -0.25) is 18.1 Å². The van der Waals surface area contributed by atoms with Gasteiger partial charge in [0.2, 0.25) is 0 Å². The van der Waals surface area contributed by atoms with Crippen LogP contribution in [0.5, 0.6) is 5.75 Å². The van der Waals surface area contributed by atoms with Gasteiger partial charge in [-0.15, -0.1) is 0 Å². The van der Waals surface area contributed by atoms with E-state index in [4.69, 9.17) is 27.4 Å². The van der Waals surface area contributed by atoms with Gasteiger partial charge >= 0.3 is 15.4 Å². The van der Waals surface area contributed by atoms with Crippen molar-refractivity contribution in [3.8, 4) is 5.75 Å². The average Bonchev–Trinajstić information content (AvgIpc) is 2.61. The molecular formula is C16H28O8P2. The number of ether oxygens (including phenoxy) is 1. The Morgan fingerprint density at radius 2 is 1.27 bits per heavy atom. The molecule has 0 amide bonds. The van der Waals surface area contributed by atoms with Crippen molar-refractivity contribution in [3.05, 3.63) is 29.8 Å². The van der Waals surface area contributed by atoms with Crippen molar-refractivity contribution >= 4 is 15.4 Å². The van der Waals surface area contributed by atoms with E-state index in [2.05, 4.69) is 0 Å². The quantitative estimate of drug-likeness (QED) is 0.412. The van der Waals surface area contributed by atoms with Crippen LogP contribution in [-0.2, 0) is 31.7 Å². The first kappa shape index (κ1) is 23.3. The summed E-state index contributed by atoms with van der Waals surface area (Å²) in [4.78, 5) is 0. The van der Waals surface area contributed by atoms with E-state index >= 15 is 0 Å². The molecule has 0 N–H and O–H groups in total. The third kappa shape index (κ3) is 6.46. The molecule has 150 valence electrons. The summed E-state index contributed by atoms with van der Waals surface area (Å²) in [6.07, 6.45) is 0. The summed E-state index contributed by atoms with van der Waals surface area (Å²) in [5.41, 5.74) is 0.440.